The van der Waals surface area contributed by atoms with Gasteiger partial charge in [-0.05, 0) is 12.8 Å². The first kappa shape index (κ1) is 9.76. The largest absolute Gasteiger partial charge is 0.369 e. The molecule has 0 bridgehead atoms. The van der Waals surface area contributed by atoms with Gasteiger partial charge in [0, 0.05) is 12.6 Å². The molecule has 0 unspecified atom stereocenters. The third-order valence-corrected chi connectivity index (χ3v) is 2.37. The average Bonchev–Trinajstić information content (AvgIpc) is 2.17. The zero-order chi connectivity index (χ0) is 10.8. The van der Waals surface area contributed by atoms with Crippen LogP contribution in [0.5, 0.6) is 0 Å². The van der Waals surface area contributed by atoms with Crippen LogP contribution in [0.2, 0.25) is 0 Å². The summed E-state index contributed by atoms with van der Waals surface area (Å²) < 4.78 is 0. The Hall–Kier alpha value is -1.78. The van der Waals surface area contributed by atoms with Gasteiger partial charge in [0.05, 0.1) is 17.7 Å². The molecule has 1 aliphatic carbocycles. The van der Waals surface area contributed by atoms with Crippen LogP contribution in [-0.2, 0) is 17.6 Å². The van der Waals surface area contributed by atoms with Crippen molar-refractivity contribution in [3.05, 3.63) is 23.3 Å². The molecule has 1 aromatic rings. The highest BCUT2D eigenvalue weighted by atomic mass is 16.1. The van der Waals surface area contributed by atoms with Gasteiger partial charge >= 0.3 is 0 Å². The Kier molecular flexibility index (Phi) is 2.45. The normalized spacial score (nSPS) is 14.8. The second-order valence-corrected chi connectivity index (χ2v) is 3.57. The molecular weight excluding hydrogens is 194 g/mol. The molecule has 0 radical (unpaired) electrons. The molecule has 78 valence electrons. The molecule has 1 aliphatic rings. The fourth-order valence-corrected chi connectivity index (χ4v) is 1.67. The second-order valence-electron chi connectivity index (χ2n) is 3.57. The quantitative estimate of drug-likeness (QED) is 0.737. The average molecular weight is 205 g/mol. The number of carbonyl (C=O) groups excluding carboxylic acids is 2. The Labute approximate surface area is 86.7 Å². The number of nitrogens with zero attached hydrogens (tertiary/aromatic N) is 2. The van der Waals surface area contributed by atoms with Crippen LogP contribution >= 0.6 is 0 Å². The van der Waals surface area contributed by atoms with Crippen LogP contribution in [0.25, 0.3) is 0 Å². The van der Waals surface area contributed by atoms with Crippen molar-refractivity contribution >= 4 is 11.7 Å². The summed E-state index contributed by atoms with van der Waals surface area (Å²) in [6, 6.07) is 0. The van der Waals surface area contributed by atoms with Crippen molar-refractivity contribution in [1.29, 1.82) is 0 Å². The predicted octanol–water partition coefficient (Wildman–Crippen LogP) is 0.0234. The van der Waals surface area contributed by atoms with E-state index in [2.05, 4.69) is 9.97 Å². The highest BCUT2D eigenvalue weighted by Crippen LogP contribution is 2.18. The smallest absolute Gasteiger partial charge is 0.225 e. The van der Waals surface area contributed by atoms with E-state index in [9.17, 15) is 9.59 Å². The number of aromatic nitrogens is 2. The molecule has 5 nitrogen and oxygen atoms in total. The molecule has 2 rings (SSSR count). The van der Waals surface area contributed by atoms with Crippen LogP contribution in [0.4, 0.5) is 0 Å². The molecule has 0 saturated carbocycles. The first-order valence-electron chi connectivity index (χ1n) is 4.83. The number of amides is 1. The van der Waals surface area contributed by atoms with Gasteiger partial charge in [-0.1, -0.05) is 0 Å². The molecule has 1 aromatic heterocycles. The number of fused-ring (bicyclic) bond motifs is 1. The van der Waals surface area contributed by atoms with Crippen LogP contribution in [0.15, 0.2) is 6.20 Å². The van der Waals surface area contributed by atoms with Crippen molar-refractivity contribution in [2.24, 2.45) is 5.73 Å². The molecular formula is C10H11N3O2. The van der Waals surface area contributed by atoms with Crippen molar-refractivity contribution < 1.29 is 9.59 Å². The number of primary amides is 1. The molecule has 15 heavy (non-hydrogen) atoms. The Bertz CT molecular complexity index is 429. The predicted molar refractivity (Wildman–Crippen MR) is 52.2 cm³/mol. The molecule has 0 saturated heterocycles. The van der Waals surface area contributed by atoms with Crippen LogP contribution in [0, 0.1) is 0 Å². The second kappa shape index (κ2) is 3.76. The summed E-state index contributed by atoms with van der Waals surface area (Å²) in [5, 5.41) is 0. The van der Waals surface area contributed by atoms with E-state index < -0.39 is 5.91 Å². The van der Waals surface area contributed by atoms with E-state index in [1.165, 1.54) is 6.20 Å². The summed E-state index contributed by atoms with van der Waals surface area (Å²) in [5.74, 6) is 0.0231. The monoisotopic (exact) mass is 205 g/mol. The lowest BCUT2D eigenvalue weighted by Crippen LogP contribution is -2.19. The van der Waals surface area contributed by atoms with Gasteiger partial charge in [-0.3, -0.25) is 9.59 Å². The lowest BCUT2D eigenvalue weighted by molar-refractivity contribution is -0.117. The minimum absolute atomic E-state index is 0.0292. The Morgan fingerprint density at radius 2 is 2.27 bits per heavy atom. The van der Waals surface area contributed by atoms with E-state index in [1.54, 1.807) is 0 Å². The highest BCUT2D eigenvalue weighted by Gasteiger charge is 2.19. The maximum atomic E-state index is 11.4. The molecule has 0 aliphatic heterocycles. The number of hydrogen-bond acceptors (Lipinski definition) is 4. The molecule has 1 heterocycles. The SMILES string of the molecule is NC(=O)Cc1ncc2c(n1)CCCC2=O. The third kappa shape index (κ3) is 2.01. The summed E-state index contributed by atoms with van der Waals surface area (Å²) in [7, 11) is 0. The minimum Gasteiger partial charge on any atom is -0.369 e. The van der Waals surface area contributed by atoms with Crippen molar-refractivity contribution in [2.75, 3.05) is 0 Å². The topological polar surface area (TPSA) is 85.9 Å². The molecule has 0 aromatic carbocycles. The van der Waals surface area contributed by atoms with Crippen LogP contribution in [0.3, 0.4) is 0 Å². The molecule has 1 amide bonds. The van der Waals surface area contributed by atoms with E-state index in [0.29, 0.717) is 17.8 Å². The van der Waals surface area contributed by atoms with E-state index >= 15 is 0 Å². The number of ketones is 1. The van der Waals surface area contributed by atoms with E-state index in [0.717, 1.165) is 18.5 Å². The summed E-state index contributed by atoms with van der Waals surface area (Å²) in [6.45, 7) is 0. The fraction of sp³-hybridized carbons (Fsp3) is 0.400. The van der Waals surface area contributed by atoms with E-state index in [4.69, 9.17) is 5.73 Å². The third-order valence-electron chi connectivity index (χ3n) is 2.37. The zero-order valence-electron chi connectivity index (χ0n) is 8.19. The zero-order valence-corrected chi connectivity index (χ0v) is 8.19. The Balaban J connectivity index is 2.33. The molecule has 0 fully saturated rings. The van der Waals surface area contributed by atoms with E-state index in [1.807, 2.05) is 0 Å². The molecule has 0 spiro atoms. The standard InChI is InChI=1S/C10H11N3O2/c11-9(15)4-10-12-5-6-7(13-10)2-1-3-8(6)14/h5H,1-4H2,(H2,11,15). The summed E-state index contributed by atoms with van der Waals surface area (Å²) in [4.78, 5) is 30.2. The van der Waals surface area contributed by atoms with E-state index in [-0.39, 0.29) is 12.2 Å². The van der Waals surface area contributed by atoms with Crippen LogP contribution in [-0.4, -0.2) is 21.7 Å². The molecule has 0 atom stereocenters. The maximum Gasteiger partial charge on any atom is 0.225 e. The van der Waals surface area contributed by atoms with Gasteiger partial charge < -0.3 is 5.73 Å². The van der Waals surface area contributed by atoms with Gasteiger partial charge in [0.2, 0.25) is 5.91 Å². The number of rotatable bonds is 2. The number of Topliss-reactive ketones (excluding diaryl/α,β-unsaturated/α-hetero) is 1. The summed E-state index contributed by atoms with van der Waals surface area (Å²) in [5.41, 5.74) is 6.38. The summed E-state index contributed by atoms with van der Waals surface area (Å²) in [6.07, 6.45) is 3.68. The Morgan fingerprint density at radius 3 is 3.00 bits per heavy atom. The van der Waals surface area contributed by atoms with Crippen molar-refractivity contribution in [1.82, 2.24) is 9.97 Å². The molecule has 5 heteroatoms. The Morgan fingerprint density at radius 1 is 1.47 bits per heavy atom. The number of nitrogens with two attached hydrogens (primary N) is 1. The lowest BCUT2D eigenvalue weighted by atomic mass is 9.96. The molecule has 2 N–H and O–H groups in total. The van der Waals surface area contributed by atoms with Gasteiger partial charge in [-0.2, -0.15) is 0 Å². The fourth-order valence-electron chi connectivity index (χ4n) is 1.67. The highest BCUT2D eigenvalue weighted by molar-refractivity contribution is 5.97. The van der Waals surface area contributed by atoms with Crippen LogP contribution < -0.4 is 5.73 Å². The number of aryl methyl sites for hydroxylation is 1. The van der Waals surface area contributed by atoms with Crippen LogP contribution in [0.1, 0.15) is 34.7 Å². The maximum absolute atomic E-state index is 11.4. The van der Waals surface area contributed by atoms with Crippen molar-refractivity contribution in [3.63, 3.8) is 0 Å². The van der Waals surface area contributed by atoms with Gasteiger partial charge in [-0.25, -0.2) is 9.97 Å². The first-order chi connectivity index (χ1) is 7.16. The van der Waals surface area contributed by atoms with Gasteiger partial charge in [0.1, 0.15) is 5.82 Å². The van der Waals surface area contributed by atoms with Gasteiger partial charge in [0.25, 0.3) is 0 Å². The van der Waals surface area contributed by atoms with Gasteiger partial charge in [-0.15, -0.1) is 0 Å². The number of carbonyl (C=O) groups is 2. The van der Waals surface area contributed by atoms with Crippen molar-refractivity contribution in [2.45, 2.75) is 25.7 Å². The lowest BCUT2D eigenvalue weighted by Gasteiger charge is -2.13. The van der Waals surface area contributed by atoms with Gasteiger partial charge in [0.15, 0.2) is 5.78 Å². The summed E-state index contributed by atoms with van der Waals surface area (Å²) >= 11 is 0. The number of hydrogen-bond donors (Lipinski definition) is 1. The first-order valence-corrected chi connectivity index (χ1v) is 4.83. The van der Waals surface area contributed by atoms with Crippen molar-refractivity contribution in [3.8, 4) is 0 Å². The minimum atomic E-state index is -0.461.